The van der Waals surface area contributed by atoms with Gasteiger partial charge in [-0.05, 0) is 81.4 Å². The van der Waals surface area contributed by atoms with Gasteiger partial charge in [0.05, 0.1) is 34.5 Å². The molecule has 10 rings (SSSR count). The van der Waals surface area contributed by atoms with E-state index in [2.05, 4.69) is 61.7 Å². The molecule has 0 bridgehead atoms. The first-order valence-electron chi connectivity index (χ1n) is 18.9. The maximum atomic E-state index is 14.7. The van der Waals surface area contributed by atoms with Gasteiger partial charge in [-0.25, -0.2) is 13.8 Å². The number of hydrogen-bond acceptors (Lipinski definition) is 8. The molecule has 0 radical (unpaired) electrons. The quantitative estimate of drug-likeness (QED) is 0.222. The average molecular weight is 706 g/mol. The Hall–Kier alpha value is -4.42. The van der Waals surface area contributed by atoms with Crippen molar-refractivity contribution in [3.05, 3.63) is 82.4 Å². The largest absolute Gasteiger partial charge is 0.461 e. The Labute approximate surface area is 302 Å². The Morgan fingerprint density at radius 3 is 2.75 bits per heavy atom. The van der Waals surface area contributed by atoms with Crippen LogP contribution in [0, 0.1) is 5.82 Å². The maximum absolute atomic E-state index is 14.7. The first-order chi connectivity index (χ1) is 25.3. The molecule has 2 fully saturated rings. The molecular weight excluding hydrogens is 660 g/mol. The zero-order valence-electron chi connectivity index (χ0n) is 30.0. The minimum atomic E-state index is -0.819. The Morgan fingerprint density at radius 1 is 0.942 bits per heavy atom. The van der Waals surface area contributed by atoms with E-state index in [4.69, 9.17) is 19.8 Å². The van der Waals surface area contributed by atoms with Gasteiger partial charge in [0, 0.05) is 51.6 Å². The van der Waals surface area contributed by atoms with Crippen LogP contribution in [0.2, 0.25) is 0 Å². The van der Waals surface area contributed by atoms with E-state index in [9.17, 15) is 8.78 Å². The lowest BCUT2D eigenvalue weighted by Crippen LogP contribution is -2.51. The molecule has 1 aliphatic carbocycles. The van der Waals surface area contributed by atoms with Crippen molar-refractivity contribution >= 4 is 16.9 Å². The number of fused-ring (bicyclic) bond motifs is 6. The highest BCUT2D eigenvalue weighted by atomic mass is 19.1. The van der Waals surface area contributed by atoms with Gasteiger partial charge in [0.15, 0.2) is 11.6 Å². The molecule has 7 heterocycles. The van der Waals surface area contributed by atoms with Crippen LogP contribution in [0.1, 0.15) is 66.6 Å². The van der Waals surface area contributed by atoms with E-state index in [-0.39, 0.29) is 16.9 Å². The molecule has 0 amide bonds. The Balaban J connectivity index is 1.03. The number of aryl methyl sites for hydroxylation is 3. The van der Waals surface area contributed by atoms with Crippen LogP contribution < -0.4 is 9.64 Å². The van der Waals surface area contributed by atoms with Crippen LogP contribution in [0.5, 0.6) is 6.01 Å². The van der Waals surface area contributed by atoms with Crippen LogP contribution in [0.15, 0.2) is 48.5 Å². The smallest absolute Gasteiger partial charge is 0.318 e. The average Bonchev–Trinajstić information content (AvgIpc) is 3.86. The third-order valence-corrected chi connectivity index (χ3v) is 12.8. The molecule has 2 aromatic carbocycles. The fourth-order valence-corrected chi connectivity index (χ4v) is 10.2. The number of imidazole rings is 1. The van der Waals surface area contributed by atoms with E-state index in [0.717, 1.165) is 105 Å². The second-order valence-corrected chi connectivity index (χ2v) is 15.8. The summed E-state index contributed by atoms with van der Waals surface area (Å²) < 4.78 is 40.0. The second kappa shape index (κ2) is 12.1. The molecule has 1 spiro atoms. The van der Waals surface area contributed by atoms with Crippen molar-refractivity contribution in [3.8, 4) is 17.5 Å². The normalized spacial score (nSPS) is 26.0. The fourth-order valence-electron chi connectivity index (χ4n) is 10.2. The lowest BCUT2D eigenvalue weighted by molar-refractivity contribution is 0.0714. The fraction of sp³-hybridized carbons (Fsp3) is 0.500. The van der Waals surface area contributed by atoms with Gasteiger partial charge in [0.2, 0.25) is 0 Å². The topological polar surface area (TPSA) is 80.4 Å². The number of likely N-dealkylation sites (N-methyl/N-ethyl adjacent to an activating group) is 1. The number of aromatic nitrogens is 6. The van der Waals surface area contributed by atoms with Gasteiger partial charge in [-0.3, -0.25) is 14.5 Å². The standard InChI is InChI=1S/C40H45F2N9O/c1-47-24-29-33(21-40(47)15-6-10-26-9-3-4-11-30(26)40)43-38(52-25-39-14-7-17-50(39)22-27(41)20-39)45-36(29)49-16-8-18-51-28(23-49)19-32(46-51)37-44-35-31(42)12-5-13-34(35)48(37)2/h3-5,9,11-13,19,27H,6-8,10,14-18,20-25H2,1-2H3/t27-,39+,40+/m1/s1. The monoisotopic (exact) mass is 705 g/mol. The van der Waals surface area contributed by atoms with Crippen LogP contribution in [-0.2, 0) is 45.1 Å². The molecule has 10 nitrogen and oxygen atoms in total. The number of nitrogens with zero attached hydrogens (tertiary/aromatic N) is 9. The van der Waals surface area contributed by atoms with Gasteiger partial charge in [-0.15, -0.1) is 0 Å². The summed E-state index contributed by atoms with van der Waals surface area (Å²) in [6.07, 6.45) is 6.66. The molecule has 4 aliphatic heterocycles. The number of rotatable bonds is 5. The van der Waals surface area contributed by atoms with Crippen molar-refractivity contribution in [3.63, 3.8) is 0 Å². The second-order valence-electron chi connectivity index (χ2n) is 15.8. The van der Waals surface area contributed by atoms with Crippen LogP contribution in [-0.4, -0.2) is 84.1 Å². The predicted molar refractivity (Wildman–Crippen MR) is 194 cm³/mol. The van der Waals surface area contributed by atoms with Gasteiger partial charge in [-0.1, -0.05) is 30.3 Å². The summed E-state index contributed by atoms with van der Waals surface area (Å²) in [6, 6.07) is 16.4. The molecule has 270 valence electrons. The Kier molecular flexibility index (Phi) is 7.48. The lowest BCUT2D eigenvalue weighted by atomic mass is 9.71. The van der Waals surface area contributed by atoms with Gasteiger partial charge in [-0.2, -0.15) is 15.1 Å². The third kappa shape index (κ3) is 5.00. The zero-order valence-corrected chi connectivity index (χ0v) is 30.0. The van der Waals surface area contributed by atoms with Crippen LogP contribution >= 0.6 is 0 Å². The van der Waals surface area contributed by atoms with Crippen molar-refractivity contribution in [2.75, 3.05) is 38.2 Å². The Bertz CT molecular complexity index is 2200. The maximum Gasteiger partial charge on any atom is 0.318 e. The minimum Gasteiger partial charge on any atom is -0.461 e. The highest BCUT2D eigenvalue weighted by Crippen LogP contribution is 2.47. The van der Waals surface area contributed by atoms with Crippen molar-refractivity contribution < 1.29 is 13.5 Å². The number of alkyl halides is 1. The SMILES string of the molecule is CN1Cc2c(nc(OC[C@@]34CCCN3C[C@H](F)C4)nc2N2CCCn3nc(-c4nc5c(F)cccc5n4C)cc3C2)C[C@]12CCCc1ccccc12. The molecule has 0 N–H and O–H groups in total. The van der Waals surface area contributed by atoms with Crippen LogP contribution in [0.4, 0.5) is 14.6 Å². The van der Waals surface area contributed by atoms with Crippen LogP contribution in [0.25, 0.3) is 22.6 Å². The molecule has 5 aliphatic rings. The first-order valence-corrected chi connectivity index (χ1v) is 18.9. The van der Waals surface area contributed by atoms with E-state index in [1.165, 1.54) is 17.2 Å². The molecule has 12 heteroatoms. The van der Waals surface area contributed by atoms with Crippen LogP contribution in [0.3, 0.4) is 0 Å². The van der Waals surface area contributed by atoms with Gasteiger partial charge in [0.1, 0.15) is 29.8 Å². The molecular formula is C40H45F2N9O. The summed E-state index contributed by atoms with van der Waals surface area (Å²) in [5.74, 6) is 1.21. The lowest BCUT2D eigenvalue weighted by Gasteiger charge is -2.49. The molecule has 2 saturated heterocycles. The number of para-hydroxylation sites is 1. The summed E-state index contributed by atoms with van der Waals surface area (Å²) in [4.78, 5) is 22.3. The zero-order chi connectivity index (χ0) is 35.2. The highest BCUT2D eigenvalue weighted by Gasteiger charge is 2.50. The summed E-state index contributed by atoms with van der Waals surface area (Å²) in [5.41, 5.74) is 7.47. The van der Waals surface area contributed by atoms with Gasteiger partial charge in [0.25, 0.3) is 0 Å². The van der Waals surface area contributed by atoms with Crippen molar-refractivity contribution in [1.82, 2.24) is 39.1 Å². The van der Waals surface area contributed by atoms with E-state index in [1.54, 1.807) is 6.07 Å². The summed E-state index contributed by atoms with van der Waals surface area (Å²) in [5, 5.41) is 4.98. The van der Waals surface area contributed by atoms with E-state index < -0.39 is 6.17 Å². The van der Waals surface area contributed by atoms with Crippen molar-refractivity contribution in [1.29, 1.82) is 0 Å². The number of ether oxygens (including phenoxy) is 1. The third-order valence-electron chi connectivity index (χ3n) is 12.8. The molecule has 0 unspecified atom stereocenters. The molecule has 3 aromatic heterocycles. The molecule has 0 saturated carbocycles. The van der Waals surface area contributed by atoms with E-state index in [0.29, 0.717) is 43.5 Å². The molecule has 52 heavy (non-hydrogen) atoms. The number of halogens is 2. The molecule has 3 atom stereocenters. The number of hydrogen-bond donors (Lipinski definition) is 0. The number of anilines is 1. The highest BCUT2D eigenvalue weighted by molar-refractivity contribution is 5.80. The van der Waals surface area contributed by atoms with Gasteiger partial charge < -0.3 is 14.2 Å². The van der Waals surface area contributed by atoms with Gasteiger partial charge >= 0.3 is 6.01 Å². The molecule has 5 aromatic rings. The van der Waals surface area contributed by atoms with E-state index >= 15 is 0 Å². The predicted octanol–water partition coefficient (Wildman–Crippen LogP) is 5.95. The van der Waals surface area contributed by atoms with E-state index in [1.807, 2.05) is 17.7 Å². The number of benzene rings is 2. The minimum absolute atomic E-state index is 0.143. The van der Waals surface area contributed by atoms with Crippen molar-refractivity contribution in [2.45, 2.75) is 88.3 Å². The van der Waals surface area contributed by atoms with Crippen molar-refractivity contribution in [2.24, 2.45) is 7.05 Å². The Morgan fingerprint density at radius 2 is 1.85 bits per heavy atom. The summed E-state index contributed by atoms with van der Waals surface area (Å²) >= 11 is 0. The summed E-state index contributed by atoms with van der Waals surface area (Å²) in [6.45, 7) is 4.69. The first kappa shape index (κ1) is 32.2. The summed E-state index contributed by atoms with van der Waals surface area (Å²) in [7, 11) is 4.16.